The average Bonchev–Trinajstić information content (AvgIpc) is 2.81. The van der Waals surface area contributed by atoms with E-state index in [4.69, 9.17) is 5.73 Å². The molecule has 0 bridgehead atoms. The summed E-state index contributed by atoms with van der Waals surface area (Å²) in [6.45, 7) is 4.18. The van der Waals surface area contributed by atoms with Crippen molar-refractivity contribution in [3.63, 3.8) is 0 Å². The van der Waals surface area contributed by atoms with Gasteiger partial charge in [-0.3, -0.25) is 0 Å². The largest absolute Gasteiger partial charge is 0.319 e. The molecule has 1 aliphatic carbocycles. The van der Waals surface area contributed by atoms with Crippen molar-refractivity contribution in [3.05, 3.63) is 10.8 Å². The Morgan fingerprint density at radius 1 is 1.47 bits per heavy atom. The van der Waals surface area contributed by atoms with Gasteiger partial charge in [-0.1, -0.05) is 31.1 Å². The molecule has 1 fully saturated rings. The van der Waals surface area contributed by atoms with Gasteiger partial charge in [-0.15, -0.1) is 10.2 Å². The molecule has 2 atom stereocenters. The fourth-order valence-electron chi connectivity index (χ4n) is 2.70. The van der Waals surface area contributed by atoms with Crippen LogP contribution in [0.2, 0.25) is 0 Å². The maximum atomic E-state index is 6.53. The predicted molar refractivity (Wildman–Crippen MR) is 66.9 cm³/mol. The van der Waals surface area contributed by atoms with Crippen molar-refractivity contribution in [3.8, 4) is 0 Å². The lowest BCUT2D eigenvalue weighted by atomic mass is 9.77. The molecule has 0 aromatic carbocycles. The highest BCUT2D eigenvalue weighted by molar-refractivity contribution is 7.16. The maximum Gasteiger partial charge on any atom is 0.234 e. The number of hydrogen-bond acceptors (Lipinski definition) is 5. The summed E-state index contributed by atoms with van der Waals surface area (Å²) in [5.74, 6) is 1.51. The van der Waals surface area contributed by atoms with Gasteiger partial charge in [0.15, 0.2) is 5.82 Å². The lowest BCUT2D eigenvalue weighted by Crippen LogP contribution is -2.41. The molecule has 1 aliphatic rings. The van der Waals surface area contributed by atoms with Crippen molar-refractivity contribution >= 4 is 16.3 Å². The van der Waals surface area contributed by atoms with E-state index >= 15 is 0 Å². The molecule has 5 nitrogen and oxygen atoms in total. The second-order valence-electron chi connectivity index (χ2n) is 5.21. The molecule has 0 radical (unpaired) electrons. The topological polar surface area (TPSA) is 69.1 Å². The van der Waals surface area contributed by atoms with Gasteiger partial charge < -0.3 is 5.73 Å². The van der Waals surface area contributed by atoms with E-state index in [2.05, 4.69) is 22.2 Å². The molecule has 2 heterocycles. The van der Waals surface area contributed by atoms with Crippen molar-refractivity contribution in [1.29, 1.82) is 0 Å². The number of aromatic nitrogens is 4. The van der Waals surface area contributed by atoms with Crippen LogP contribution in [0.3, 0.4) is 0 Å². The van der Waals surface area contributed by atoms with E-state index in [1.165, 1.54) is 12.8 Å². The van der Waals surface area contributed by atoms with Gasteiger partial charge in [0.05, 0.1) is 5.54 Å². The van der Waals surface area contributed by atoms with Crippen molar-refractivity contribution in [2.75, 3.05) is 0 Å². The molecule has 2 unspecified atom stereocenters. The Morgan fingerprint density at radius 3 is 3.00 bits per heavy atom. The summed E-state index contributed by atoms with van der Waals surface area (Å²) in [4.78, 5) is 0.848. The van der Waals surface area contributed by atoms with Crippen LogP contribution in [0.4, 0.5) is 0 Å². The first-order valence-electron chi connectivity index (χ1n) is 6.07. The quantitative estimate of drug-likeness (QED) is 0.840. The van der Waals surface area contributed by atoms with Crippen LogP contribution in [0, 0.1) is 12.8 Å². The highest BCUT2D eigenvalue weighted by Gasteiger charge is 2.36. The second-order valence-corrected chi connectivity index (χ2v) is 6.16. The highest BCUT2D eigenvalue weighted by Crippen LogP contribution is 2.39. The Kier molecular flexibility index (Phi) is 2.45. The monoisotopic (exact) mass is 251 g/mol. The van der Waals surface area contributed by atoms with Crippen LogP contribution in [-0.2, 0) is 5.54 Å². The molecule has 0 saturated heterocycles. The molecule has 3 rings (SSSR count). The molecule has 0 aliphatic heterocycles. The van der Waals surface area contributed by atoms with Crippen molar-refractivity contribution in [2.24, 2.45) is 11.7 Å². The van der Waals surface area contributed by atoms with Crippen LogP contribution in [0.25, 0.3) is 4.96 Å². The van der Waals surface area contributed by atoms with Gasteiger partial charge in [0.25, 0.3) is 0 Å². The summed E-state index contributed by atoms with van der Waals surface area (Å²) in [6.07, 6.45) is 4.52. The SMILES string of the molecule is Cc1nnc2sc(C3(N)CCCC(C)C3)nn12. The normalized spacial score (nSPS) is 29.9. The number of aryl methyl sites for hydroxylation is 1. The zero-order valence-corrected chi connectivity index (χ0v) is 11.0. The van der Waals surface area contributed by atoms with Gasteiger partial charge in [-0.25, -0.2) is 0 Å². The third-order valence-corrected chi connectivity index (χ3v) is 4.72. The molecular weight excluding hydrogens is 234 g/mol. The van der Waals surface area contributed by atoms with Crippen LogP contribution in [0.1, 0.15) is 43.4 Å². The minimum atomic E-state index is -0.254. The Bertz CT molecular complexity index is 545. The lowest BCUT2D eigenvalue weighted by Gasteiger charge is -2.34. The Hall–Kier alpha value is -1.01. The van der Waals surface area contributed by atoms with E-state index in [0.717, 1.165) is 28.6 Å². The summed E-state index contributed by atoms with van der Waals surface area (Å²) in [5, 5.41) is 13.7. The fourth-order valence-corrected chi connectivity index (χ4v) is 3.73. The van der Waals surface area contributed by atoms with Crippen molar-refractivity contribution < 1.29 is 0 Å². The third kappa shape index (κ3) is 1.75. The van der Waals surface area contributed by atoms with Crippen LogP contribution >= 0.6 is 11.3 Å². The number of nitrogens with two attached hydrogens (primary N) is 1. The van der Waals surface area contributed by atoms with Crippen molar-refractivity contribution in [1.82, 2.24) is 19.8 Å². The molecule has 0 amide bonds. The first-order valence-corrected chi connectivity index (χ1v) is 6.88. The molecule has 2 aromatic rings. The molecule has 0 spiro atoms. The smallest absolute Gasteiger partial charge is 0.234 e. The number of rotatable bonds is 1. The zero-order valence-electron chi connectivity index (χ0n) is 10.2. The van der Waals surface area contributed by atoms with Gasteiger partial charge in [-0.05, 0) is 25.7 Å². The molecule has 17 heavy (non-hydrogen) atoms. The standard InChI is InChI=1S/C11H17N5S/c1-7-4-3-5-11(12,6-7)9-15-16-8(2)13-14-10(16)17-9/h7H,3-6,12H2,1-2H3. The molecule has 2 N–H and O–H groups in total. The molecule has 6 heteroatoms. The van der Waals surface area contributed by atoms with E-state index in [9.17, 15) is 0 Å². The summed E-state index contributed by atoms with van der Waals surface area (Å²) in [7, 11) is 0. The van der Waals surface area contributed by atoms with Crippen LogP contribution in [-0.4, -0.2) is 19.8 Å². The van der Waals surface area contributed by atoms with Gasteiger partial charge in [0.2, 0.25) is 4.96 Å². The van der Waals surface area contributed by atoms with E-state index in [-0.39, 0.29) is 5.54 Å². The van der Waals surface area contributed by atoms with Crippen LogP contribution in [0.15, 0.2) is 0 Å². The Labute approximate surface area is 104 Å². The summed E-state index contributed by atoms with van der Waals surface area (Å²) >= 11 is 1.58. The van der Waals surface area contributed by atoms with Crippen LogP contribution in [0.5, 0.6) is 0 Å². The second kappa shape index (κ2) is 3.74. The third-order valence-electron chi connectivity index (χ3n) is 3.61. The van der Waals surface area contributed by atoms with Gasteiger partial charge in [-0.2, -0.15) is 9.61 Å². The van der Waals surface area contributed by atoms with Crippen LogP contribution < -0.4 is 5.73 Å². The number of fused-ring (bicyclic) bond motifs is 1. The molecule has 1 saturated carbocycles. The van der Waals surface area contributed by atoms with Crippen molar-refractivity contribution in [2.45, 2.75) is 45.1 Å². The van der Waals surface area contributed by atoms with Gasteiger partial charge >= 0.3 is 0 Å². The summed E-state index contributed by atoms with van der Waals surface area (Å²) in [6, 6.07) is 0. The highest BCUT2D eigenvalue weighted by atomic mass is 32.1. The first kappa shape index (κ1) is 11.1. The fraction of sp³-hybridized carbons (Fsp3) is 0.727. The predicted octanol–water partition coefficient (Wildman–Crippen LogP) is 1.86. The zero-order chi connectivity index (χ0) is 12.0. The molecule has 2 aromatic heterocycles. The van der Waals surface area contributed by atoms with E-state index in [1.807, 2.05) is 6.92 Å². The van der Waals surface area contributed by atoms with Gasteiger partial charge in [0, 0.05) is 0 Å². The lowest BCUT2D eigenvalue weighted by molar-refractivity contribution is 0.237. The van der Waals surface area contributed by atoms with E-state index in [0.29, 0.717) is 5.92 Å². The van der Waals surface area contributed by atoms with Gasteiger partial charge in [0.1, 0.15) is 5.01 Å². The van der Waals surface area contributed by atoms with E-state index < -0.39 is 0 Å². The Morgan fingerprint density at radius 2 is 2.29 bits per heavy atom. The minimum absolute atomic E-state index is 0.254. The Balaban J connectivity index is 2.01. The average molecular weight is 251 g/mol. The first-order chi connectivity index (χ1) is 8.08. The minimum Gasteiger partial charge on any atom is -0.319 e. The summed E-state index contributed by atoms with van der Waals surface area (Å²) in [5.41, 5.74) is 6.28. The molecular formula is C11H17N5S. The maximum absolute atomic E-state index is 6.53. The number of hydrogen-bond donors (Lipinski definition) is 1. The molecule has 92 valence electrons. The summed E-state index contributed by atoms with van der Waals surface area (Å²) < 4.78 is 1.80. The number of nitrogens with zero attached hydrogens (tertiary/aromatic N) is 4. The van der Waals surface area contributed by atoms with E-state index in [1.54, 1.807) is 15.9 Å².